The van der Waals surface area contributed by atoms with E-state index in [0.29, 0.717) is 5.56 Å². The number of nitrogens with zero attached hydrogens (tertiary/aromatic N) is 1. The van der Waals surface area contributed by atoms with Gasteiger partial charge in [0.2, 0.25) is 0 Å². The summed E-state index contributed by atoms with van der Waals surface area (Å²) < 4.78 is 1.03. The largest absolute Gasteiger partial charge is 0.271 e. The highest BCUT2D eigenvalue weighted by atomic mass is 127. The fraction of sp³-hybridized carbons (Fsp3) is 0.0769. The van der Waals surface area contributed by atoms with Crippen molar-refractivity contribution in [2.24, 2.45) is 5.10 Å². The van der Waals surface area contributed by atoms with E-state index in [9.17, 15) is 4.79 Å². The van der Waals surface area contributed by atoms with E-state index in [0.717, 1.165) is 8.45 Å². The van der Waals surface area contributed by atoms with Crippen LogP contribution in [0, 0.1) is 10.5 Å². The van der Waals surface area contributed by atoms with Gasteiger partial charge >= 0.3 is 0 Å². The lowest BCUT2D eigenvalue weighted by Crippen LogP contribution is -2.17. The van der Waals surface area contributed by atoms with E-state index in [2.05, 4.69) is 33.1 Å². The molecule has 92 valence electrons. The van der Waals surface area contributed by atoms with Crippen LogP contribution in [-0.4, -0.2) is 12.1 Å². The second kappa shape index (κ2) is 6.10. The fourth-order valence-electron chi connectivity index (χ4n) is 1.37. The maximum absolute atomic E-state index is 11.8. The van der Waals surface area contributed by atoms with Gasteiger partial charge in [-0.3, -0.25) is 4.79 Å². The molecule has 0 saturated carbocycles. The molecule has 1 heterocycles. The predicted molar refractivity (Wildman–Crippen MR) is 83.3 cm³/mol. The number of nitrogens with one attached hydrogen (secondary N) is 1. The van der Waals surface area contributed by atoms with Crippen LogP contribution in [0.1, 0.15) is 20.1 Å². The zero-order valence-corrected chi connectivity index (χ0v) is 12.7. The molecule has 0 aliphatic carbocycles. The van der Waals surface area contributed by atoms with Crippen molar-refractivity contribution in [2.45, 2.75) is 6.92 Å². The Morgan fingerprint density at radius 2 is 2.22 bits per heavy atom. The summed E-state index contributed by atoms with van der Waals surface area (Å²) >= 11 is 3.81. The first-order valence-corrected chi connectivity index (χ1v) is 7.20. The van der Waals surface area contributed by atoms with Crippen LogP contribution in [0.4, 0.5) is 0 Å². The lowest BCUT2D eigenvalue weighted by Gasteiger charge is -1.99. The van der Waals surface area contributed by atoms with Gasteiger partial charge in [-0.1, -0.05) is 6.07 Å². The van der Waals surface area contributed by atoms with E-state index in [1.807, 2.05) is 37.3 Å². The van der Waals surface area contributed by atoms with Crippen molar-refractivity contribution in [3.8, 4) is 0 Å². The number of thiophene rings is 1. The predicted octanol–water partition coefficient (Wildman–Crippen LogP) is 3.43. The molecule has 0 fully saturated rings. The maximum atomic E-state index is 11.8. The van der Waals surface area contributed by atoms with E-state index in [-0.39, 0.29) is 5.91 Å². The van der Waals surface area contributed by atoms with E-state index in [1.54, 1.807) is 23.6 Å². The molecule has 5 heteroatoms. The summed E-state index contributed by atoms with van der Waals surface area (Å²) in [5.74, 6) is -0.196. The number of hydrogen-bond acceptors (Lipinski definition) is 3. The molecule has 1 N–H and O–H groups in total. The number of amides is 1. The lowest BCUT2D eigenvalue weighted by atomic mass is 10.2. The SMILES string of the molecule is Cc1ccc(/C=N\NC(=O)c2cccc(I)c2)s1. The summed E-state index contributed by atoms with van der Waals surface area (Å²) in [5.41, 5.74) is 3.13. The molecule has 2 aromatic rings. The minimum absolute atomic E-state index is 0.196. The number of aryl methyl sites for hydroxylation is 1. The van der Waals surface area contributed by atoms with Crippen molar-refractivity contribution in [1.82, 2.24) is 5.43 Å². The molecule has 2 rings (SSSR count). The summed E-state index contributed by atoms with van der Waals surface area (Å²) in [5, 5.41) is 3.94. The maximum Gasteiger partial charge on any atom is 0.271 e. The van der Waals surface area contributed by atoms with E-state index in [1.165, 1.54) is 4.88 Å². The molecule has 3 nitrogen and oxygen atoms in total. The van der Waals surface area contributed by atoms with E-state index >= 15 is 0 Å². The van der Waals surface area contributed by atoms with Gasteiger partial charge < -0.3 is 0 Å². The summed E-state index contributed by atoms with van der Waals surface area (Å²) in [4.78, 5) is 14.0. The number of rotatable bonds is 3. The normalized spacial score (nSPS) is 10.8. The Morgan fingerprint density at radius 1 is 1.39 bits per heavy atom. The summed E-state index contributed by atoms with van der Waals surface area (Å²) in [6.07, 6.45) is 1.66. The molecule has 0 atom stereocenters. The molecule has 18 heavy (non-hydrogen) atoms. The average Bonchev–Trinajstić information content (AvgIpc) is 2.75. The molecule has 1 aromatic heterocycles. The molecule has 1 amide bonds. The third kappa shape index (κ3) is 3.64. The third-order valence-corrected chi connectivity index (χ3v) is 3.81. The van der Waals surface area contributed by atoms with Crippen molar-refractivity contribution in [2.75, 3.05) is 0 Å². The number of benzene rings is 1. The van der Waals surface area contributed by atoms with E-state index < -0.39 is 0 Å². The molecule has 0 spiro atoms. The molecular formula is C13H11IN2OS. The van der Waals surface area contributed by atoms with Crippen LogP contribution in [0.2, 0.25) is 0 Å². The molecule has 0 aliphatic heterocycles. The van der Waals surface area contributed by atoms with Gasteiger partial charge in [-0.25, -0.2) is 5.43 Å². The number of carbonyl (C=O) groups is 1. The third-order valence-electron chi connectivity index (χ3n) is 2.21. The summed E-state index contributed by atoms with van der Waals surface area (Å²) in [6.45, 7) is 2.03. The van der Waals surface area contributed by atoms with Crippen LogP contribution in [0.3, 0.4) is 0 Å². The smallest absolute Gasteiger partial charge is 0.267 e. The van der Waals surface area contributed by atoms with Crippen molar-refractivity contribution < 1.29 is 4.79 Å². The number of hydrogen-bond donors (Lipinski definition) is 1. The zero-order chi connectivity index (χ0) is 13.0. The Morgan fingerprint density at radius 3 is 2.89 bits per heavy atom. The first-order chi connectivity index (χ1) is 8.65. The molecular weight excluding hydrogens is 359 g/mol. The second-order valence-electron chi connectivity index (χ2n) is 3.66. The topological polar surface area (TPSA) is 41.5 Å². The zero-order valence-electron chi connectivity index (χ0n) is 9.68. The first-order valence-electron chi connectivity index (χ1n) is 5.30. The van der Waals surface area contributed by atoms with Crippen LogP contribution in [0.25, 0.3) is 0 Å². The van der Waals surface area contributed by atoms with Gasteiger partial charge in [0.1, 0.15) is 0 Å². The Balaban J connectivity index is 1.98. The highest BCUT2D eigenvalue weighted by Crippen LogP contribution is 2.12. The molecule has 1 aromatic carbocycles. The van der Waals surface area contributed by atoms with Crippen molar-refractivity contribution in [1.29, 1.82) is 0 Å². The van der Waals surface area contributed by atoms with Gasteiger partial charge in [-0.05, 0) is 59.8 Å². The van der Waals surface area contributed by atoms with Gasteiger partial charge in [0.15, 0.2) is 0 Å². The highest BCUT2D eigenvalue weighted by Gasteiger charge is 2.03. The molecule has 0 radical (unpaired) electrons. The minimum atomic E-state index is -0.196. The van der Waals surface area contributed by atoms with Crippen LogP contribution < -0.4 is 5.43 Å². The first kappa shape index (κ1) is 13.2. The summed E-state index contributed by atoms with van der Waals surface area (Å²) in [7, 11) is 0. The molecule has 0 aliphatic rings. The van der Waals surface area contributed by atoms with Crippen LogP contribution >= 0.6 is 33.9 Å². The van der Waals surface area contributed by atoms with Gasteiger partial charge in [-0.15, -0.1) is 11.3 Å². The summed E-state index contributed by atoms with van der Waals surface area (Å²) in [6, 6.07) is 11.4. The molecule has 0 unspecified atom stereocenters. The van der Waals surface area contributed by atoms with Crippen molar-refractivity contribution >= 4 is 46.0 Å². The Labute approximate surface area is 123 Å². The second-order valence-corrected chi connectivity index (χ2v) is 6.22. The van der Waals surface area contributed by atoms with Crippen molar-refractivity contribution in [3.63, 3.8) is 0 Å². The van der Waals surface area contributed by atoms with Crippen LogP contribution in [0.5, 0.6) is 0 Å². The number of hydrazone groups is 1. The highest BCUT2D eigenvalue weighted by molar-refractivity contribution is 14.1. The number of carbonyl (C=O) groups excluding carboxylic acids is 1. The average molecular weight is 370 g/mol. The quantitative estimate of drug-likeness (QED) is 0.502. The lowest BCUT2D eigenvalue weighted by molar-refractivity contribution is 0.0955. The Kier molecular flexibility index (Phi) is 4.48. The van der Waals surface area contributed by atoms with E-state index in [4.69, 9.17) is 0 Å². The molecule has 0 bridgehead atoms. The van der Waals surface area contributed by atoms with Gasteiger partial charge in [-0.2, -0.15) is 5.10 Å². The monoisotopic (exact) mass is 370 g/mol. The standard InChI is InChI=1S/C13H11IN2OS/c1-9-5-6-12(18-9)8-15-16-13(17)10-3-2-4-11(14)7-10/h2-8H,1H3,(H,16,17)/b15-8-. The minimum Gasteiger partial charge on any atom is -0.267 e. The van der Waals surface area contributed by atoms with Crippen molar-refractivity contribution in [3.05, 3.63) is 55.3 Å². The van der Waals surface area contributed by atoms with Crippen LogP contribution in [0.15, 0.2) is 41.5 Å². The fourth-order valence-corrected chi connectivity index (χ4v) is 2.66. The Hall–Kier alpha value is -1.21. The van der Waals surface area contributed by atoms with Gasteiger partial charge in [0, 0.05) is 18.9 Å². The van der Waals surface area contributed by atoms with Gasteiger partial charge in [0.25, 0.3) is 5.91 Å². The Bertz CT molecular complexity index is 592. The number of halogens is 1. The van der Waals surface area contributed by atoms with Gasteiger partial charge in [0.05, 0.1) is 6.21 Å². The molecule has 0 saturated heterocycles. The van der Waals surface area contributed by atoms with Crippen LogP contribution in [-0.2, 0) is 0 Å².